The molecule has 0 unspecified atom stereocenters. The molecule has 1 heterocycles. The number of carbonyl (C=O) groups is 2. The van der Waals surface area contributed by atoms with Crippen LogP contribution in [0.5, 0.6) is 0 Å². The van der Waals surface area contributed by atoms with Crippen molar-refractivity contribution >= 4 is 22.6 Å². The van der Waals surface area contributed by atoms with Crippen LogP contribution in [0.15, 0.2) is 42.2 Å². The van der Waals surface area contributed by atoms with Crippen molar-refractivity contribution in [3.63, 3.8) is 0 Å². The highest BCUT2D eigenvalue weighted by molar-refractivity contribution is 6.67. The summed E-state index contributed by atoms with van der Waals surface area (Å²) < 4.78 is 0. The predicted octanol–water partition coefficient (Wildman–Crippen LogP) is 1.68. The van der Waals surface area contributed by atoms with Gasteiger partial charge in [-0.15, -0.1) is 0 Å². The van der Waals surface area contributed by atoms with Crippen LogP contribution in [0.2, 0.25) is 0 Å². The normalized spacial score (nSPS) is 13.1. The highest BCUT2D eigenvalue weighted by atomic mass is 35.5. The maximum Gasteiger partial charge on any atom is 0.252 e. The number of ketones is 1. The number of allylic oxidation sites excluding steroid dienone is 1. The first kappa shape index (κ1) is 14.3. The van der Waals surface area contributed by atoms with Crippen molar-refractivity contribution in [2.75, 3.05) is 13.1 Å². The van der Waals surface area contributed by atoms with E-state index in [1.54, 1.807) is 37.4 Å². The second-order valence-corrected chi connectivity index (χ2v) is 3.98. The molecular weight excluding hydrogens is 252 g/mol. The van der Waals surface area contributed by atoms with Crippen LogP contribution in [0.3, 0.4) is 0 Å². The molecule has 96 valence electrons. The van der Waals surface area contributed by atoms with E-state index in [1.807, 2.05) is 6.07 Å². The third-order valence-electron chi connectivity index (χ3n) is 2.21. The van der Waals surface area contributed by atoms with Crippen LogP contribution < -0.4 is 10.6 Å². The van der Waals surface area contributed by atoms with Crippen LogP contribution in [0.1, 0.15) is 17.3 Å². The molecule has 0 radical (unpaired) electrons. The lowest BCUT2D eigenvalue weighted by molar-refractivity contribution is -0.114. The van der Waals surface area contributed by atoms with E-state index in [-0.39, 0.29) is 5.78 Å². The van der Waals surface area contributed by atoms with E-state index < -0.39 is 5.24 Å². The Balaban J connectivity index is 0.000000180. The Morgan fingerprint density at radius 2 is 1.83 bits per heavy atom. The molecule has 2 N–H and O–H groups in total. The van der Waals surface area contributed by atoms with E-state index in [4.69, 9.17) is 11.6 Å². The Hall–Kier alpha value is -1.81. The smallest absolute Gasteiger partial charge is 0.252 e. The first-order valence-electron chi connectivity index (χ1n) is 5.54. The first-order valence-corrected chi connectivity index (χ1v) is 5.92. The molecule has 0 saturated heterocycles. The number of hydrogen-bond donors (Lipinski definition) is 2. The molecule has 18 heavy (non-hydrogen) atoms. The van der Waals surface area contributed by atoms with Gasteiger partial charge in [-0.3, -0.25) is 9.59 Å². The monoisotopic (exact) mass is 266 g/mol. The van der Waals surface area contributed by atoms with Gasteiger partial charge >= 0.3 is 0 Å². The van der Waals surface area contributed by atoms with Gasteiger partial charge in [0.25, 0.3) is 5.24 Å². The highest BCUT2D eigenvalue weighted by Gasteiger charge is 2.04. The lowest BCUT2D eigenvalue weighted by Crippen LogP contribution is -2.33. The Morgan fingerprint density at radius 1 is 1.17 bits per heavy atom. The summed E-state index contributed by atoms with van der Waals surface area (Å²) in [6, 6.07) is 8.74. The topological polar surface area (TPSA) is 58.2 Å². The second kappa shape index (κ2) is 7.50. The van der Waals surface area contributed by atoms with Crippen LogP contribution in [0, 0.1) is 0 Å². The van der Waals surface area contributed by atoms with Crippen molar-refractivity contribution in [1.82, 2.24) is 10.6 Å². The molecule has 0 aliphatic carbocycles. The van der Waals surface area contributed by atoms with Crippen molar-refractivity contribution in [3.8, 4) is 0 Å². The Kier molecular flexibility index (Phi) is 5.94. The quantitative estimate of drug-likeness (QED) is 0.800. The van der Waals surface area contributed by atoms with Crippen LogP contribution in [-0.4, -0.2) is 24.1 Å². The molecule has 0 bridgehead atoms. The first-order chi connectivity index (χ1) is 8.61. The fourth-order valence-corrected chi connectivity index (χ4v) is 1.42. The molecule has 0 saturated carbocycles. The largest absolute Gasteiger partial charge is 0.387 e. The number of Topliss-reactive ketones (excluding diaryl/α,β-unsaturated/α-hetero) is 1. The van der Waals surface area contributed by atoms with E-state index in [9.17, 15) is 9.59 Å². The minimum atomic E-state index is -0.407. The Bertz CT molecular complexity index is 444. The third-order valence-corrected chi connectivity index (χ3v) is 2.43. The van der Waals surface area contributed by atoms with Gasteiger partial charge in [0.1, 0.15) is 0 Å². The molecule has 2 rings (SSSR count). The van der Waals surface area contributed by atoms with Crippen LogP contribution in [-0.2, 0) is 4.79 Å². The standard InChI is InChI=1S/C7H5ClO.C6H10N2O/c8-7(9)6-4-2-1-3-5-6;1-5(9)6-4-7-2-3-8-6/h1-5H;4,7-8H,2-3H2,1H3. The number of benzene rings is 1. The van der Waals surface area contributed by atoms with Gasteiger partial charge in [0, 0.05) is 31.8 Å². The molecule has 0 fully saturated rings. The zero-order valence-corrected chi connectivity index (χ0v) is 10.8. The molecule has 1 aliphatic rings. The second-order valence-electron chi connectivity index (χ2n) is 3.63. The van der Waals surface area contributed by atoms with Gasteiger partial charge in [-0.25, -0.2) is 0 Å². The summed E-state index contributed by atoms with van der Waals surface area (Å²) in [5, 5.41) is 5.53. The number of rotatable bonds is 2. The zero-order valence-electron chi connectivity index (χ0n) is 10.1. The van der Waals surface area contributed by atoms with Crippen molar-refractivity contribution in [1.29, 1.82) is 0 Å². The maximum absolute atomic E-state index is 10.6. The van der Waals surface area contributed by atoms with E-state index in [0.29, 0.717) is 11.3 Å². The molecule has 1 aromatic rings. The predicted molar refractivity (Wildman–Crippen MR) is 71.4 cm³/mol. The number of hydrogen-bond acceptors (Lipinski definition) is 4. The summed E-state index contributed by atoms with van der Waals surface area (Å²) in [4.78, 5) is 21.0. The van der Waals surface area contributed by atoms with Crippen LogP contribution >= 0.6 is 11.6 Å². The SMILES string of the molecule is CC(=O)C1=CNCCN1.O=C(Cl)c1ccccc1. The molecule has 0 amide bonds. The molecule has 4 nitrogen and oxygen atoms in total. The number of carbonyl (C=O) groups excluding carboxylic acids is 2. The van der Waals surface area contributed by atoms with Crippen molar-refractivity contribution in [2.24, 2.45) is 0 Å². The molecular formula is C13H15ClN2O2. The fourth-order valence-electron chi connectivity index (χ4n) is 1.29. The van der Waals surface area contributed by atoms with Crippen LogP contribution in [0.25, 0.3) is 0 Å². The fraction of sp³-hybridized carbons (Fsp3) is 0.231. The zero-order chi connectivity index (χ0) is 13.4. The highest BCUT2D eigenvalue weighted by Crippen LogP contribution is 2.01. The van der Waals surface area contributed by atoms with Gasteiger partial charge in [-0.05, 0) is 11.6 Å². The minimum Gasteiger partial charge on any atom is -0.387 e. The van der Waals surface area contributed by atoms with Crippen LogP contribution in [0.4, 0.5) is 0 Å². The van der Waals surface area contributed by atoms with Crippen molar-refractivity contribution in [2.45, 2.75) is 6.92 Å². The van der Waals surface area contributed by atoms with E-state index >= 15 is 0 Å². The maximum atomic E-state index is 10.6. The van der Waals surface area contributed by atoms with Crippen molar-refractivity contribution in [3.05, 3.63) is 47.8 Å². The lowest BCUT2D eigenvalue weighted by atomic mass is 10.2. The molecule has 0 atom stereocenters. The minimum absolute atomic E-state index is 0.0854. The summed E-state index contributed by atoms with van der Waals surface area (Å²) in [5.41, 5.74) is 1.22. The average Bonchev–Trinajstić information content (AvgIpc) is 2.41. The van der Waals surface area contributed by atoms with Gasteiger partial charge < -0.3 is 10.6 Å². The Labute approximate surface area is 111 Å². The lowest BCUT2D eigenvalue weighted by Gasteiger charge is -2.13. The average molecular weight is 267 g/mol. The van der Waals surface area contributed by atoms with E-state index in [1.165, 1.54) is 0 Å². The molecule has 5 heteroatoms. The van der Waals surface area contributed by atoms with Gasteiger partial charge in [0.05, 0.1) is 5.70 Å². The molecule has 0 spiro atoms. The molecule has 1 aromatic carbocycles. The summed E-state index contributed by atoms with van der Waals surface area (Å²) >= 11 is 5.16. The summed E-state index contributed by atoms with van der Waals surface area (Å²) in [5.74, 6) is 0.0854. The van der Waals surface area contributed by atoms with Gasteiger partial charge in [-0.2, -0.15) is 0 Å². The summed E-state index contributed by atoms with van der Waals surface area (Å²) in [6.07, 6.45) is 1.71. The summed E-state index contributed by atoms with van der Waals surface area (Å²) in [7, 11) is 0. The Morgan fingerprint density at radius 3 is 2.17 bits per heavy atom. The number of nitrogens with one attached hydrogen (secondary N) is 2. The van der Waals surface area contributed by atoms with E-state index in [2.05, 4.69) is 10.6 Å². The van der Waals surface area contributed by atoms with Gasteiger partial charge in [0.15, 0.2) is 5.78 Å². The molecule has 0 aromatic heterocycles. The van der Waals surface area contributed by atoms with Crippen molar-refractivity contribution < 1.29 is 9.59 Å². The molecule has 1 aliphatic heterocycles. The summed E-state index contributed by atoms with van der Waals surface area (Å²) in [6.45, 7) is 3.29. The third kappa shape index (κ3) is 5.01. The van der Waals surface area contributed by atoms with E-state index in [0.717, 1.165) is 13.1 Å². The van der Waals surface area contributed by atoms with Gasteiger partial charge in [-0.1, -0.05) is 30.3 Å². The van der Waals surface area contributed by atoms with Gasteiger partial charge in [0.2, 0.25) is 0 Å². The number of halogens is 1.